The molecule has 1 amide bonds. The van der Waals surface area contributed by atoms with Gasteiger partial charge in [-0.25, -0.2) is 12.8 Å². The molecule has 142 valence electrons. The summed E-state index contributed by atoms with van der Waals surface area (Å²) < 4.78 is 40.7. The molecule has 0 radical (unpaired) electrons. The van der Waals surface area contributed by atoms with Gasteiger partial charge in [-0.1, -0.05) is 12.5 Å². The zero-order valence-electron chi connectivity index (χ0n) is 14.6. The van der Waals surface area contributed by atoms with Crippen LogP contribution in [0.25, 0.3) is 0 Å². The highest BCUT2D eigenvalue weighted by atomic mass is 32.2. The topological polar surface area (TPSA) is 87.6 Å². The molecule has 0 spiro atoms. The first-order chi connectivity index (χ1) is 12.9. The van der Waals surface area contributed by atoms with Gasteiger partial charge in [-0.3, -0.25) is 14.5 Å². The molecule has 1 aliphatic heterocycles. The number of nitrogens with zero attached hydrogens (tertiary/aromatic N) is 1. The number of amides is 1. The number of benzene rings is 2. The number of sulfonamides is 1. The van der Waals surface area contributed by atoms with E-state index < -0.39 is 21.7 Å². The number of hydrogen-bond donors (Lipinski definition) is 2. The van der Waals surface area contributed by atoms with E-state index in [1.54, 1.807) is 12.1 Å². The van der Waals surface area contributed by atoms with E-state index in [0.717, 1.165) is 19.3 Å². The summed E-state index contributed by atoms with van der Waals surface area (Å²) in [5.74, 6) is -0.425. The van der Waals surface area contributed by atoms with Crippen molar-refractivity contribution in [2.24, 2.45) is 4.99 Å². The smallest absolute Gasteiger partial charge is 0.262 e. The van der Waals surface area contributed by atoms with Crippen LogP contribution in [0.15, 0.2) is 58.4 Å². The third-order valence-electron chi connectivity index (χ3n) is 4.14. The van der Waals surface area contributed by atoms with Crippen molar-refractivity contribution in [2.75, 3.05) is 11.9 Å². The van der Waals surface area contributed by atoms with Crippen molar-refractivity contribution in [1.29, 1.82) is 0 Å². The summed E-state index contributed by atoms with van der Waals surface area (Å²) in [5, 5.41) is 2.62. The lowest BCUT2D eigenvalue weighted by molar-refractivity contribution is 0.102. The van der Waals surface area contributed by atoms with Crippen LogP contribution in [0.1, 0.15) is 36.0 Å². The van der Waals surface area contributed by atoms with E-state index in [0.29, 0.717) is 24.5 Å². The highest BCUT2D eigenvalue weighted by molar-refractivity contribution is 7.90. The van der Waals surface area contributed by atoms with Crippen LogP contribution in [0.5, 0.6) is 0 Å². The molecule has 8 heteroatoms. The zero-order chi connectivity index (χ0) is 19.3. The summed E-state index contributed by atoms with van der Waals surface area (Å²) in [6, 6.07) is 11.1. The van der Waals surface area contributed by atoms with Crippen LogP contribution in [0.3, 0.4) is 0 Å². The molecular formula is C19H20FN3O3S. The maximum Gasteiger partial charge on any atom is 0.262 e. The predicted octanol–water partition coefficient (Wildman–Crippen LogP) is 3.33. The summed E-state index contributed by atoms with van der Waals surface area (Å²) in [6.45, 7) is 0.617. The Morgan fingerprint density at radius 3 is 2.59 bits per heavy atom. The fraction of sp³-hybridized carbons (Fsp3) is 0.263. The molecule has 0 fully saturated rings. The summed E-state index contributed by atoms with van der Waals surface area (Å²) >= 11 is 0. The van der Waals surface area contributed by atoms with E-state index in [-0.39, 0.29) is 10.5 Å². The van der Waals surface area contributed by atoms with Crippen LogP contribution in [-0.2, 0) is 10.0 Å². The molecule has 3 rings (SSSR count). The summed E-state index contributed by atoms with van der Waals surface area (Å²) in [6.07, 6.45) is 3.48. The SMILES string of the molecule is O=C(Nc1cccc(S(=O)(=O)NC2=NCCCCC2)c1)c1ccc(F)cc1. The second-order valence-electron chi connectivity index (χ2n) is 6.23. The second kappa shape index (κ2) is 8.30. The van der Waals surface area contributed by atoms with Crippen LogP contribution in [0.2, 0.25) is 0 Å². The molecule has 6 nitrogen and oxygen atoms in total. The van der Waals surface area contributed by atoms with Gasteiger partial charge in [0.15, 0.2) is 0 Å². The van der Waals surface area contributed by atoms with Crippen LogP contribution < -0.4 is 10.0 Å². The molecule has 0 atom stereocenters. The van der Waals surface area contributed by atoms with Crippen molar-refractivity contribution < 1.29 is 17.6 Å². The Morgan fingerprint density at radius 2 is 1.81 bits per heavy atom. The molecule has 1 aliphatic rings. The number of anilines is 1. The van der Waals surface area contributed by atoms with Crippen LogP contribution in [0.4, 0.5) is 10.1 Å². The number of carbonyl (C=O) groups is 1. The number of aliphatic imine (C=N–C) groups is 1. The molecule has 0 aromatic heterocycles. The van der Waals surface area contributed by atoms with Gasteiger partial charge in [-0.05, 0) is 55.3 Å². The lowest BCUT2D eigenvalue weighted by atomic mass is 10.2. The number of nitrogens with one attached hydrogen (secondary N) is 2. The number of hydrogen-bond acceptors (Lipinski definition) is 4. The largest absolute Gasteiger partial charge is 0.322 e. The minimum absolute atomic E-state index is 0.0337. The third-order valence-corrected chi connectivity index (χ3v) is 5.51. The fourth-order valence-electron chi connectivity index (χ4n) is 2.72. The highest BCUT2D eigenvalue weighted by Crippen LogP contribution is 2.17. The standard InChI is InChI=1S/C19H20FN3O3S/c20-15-10-8-14(9-11-15)19(24)22-16-5-4-6-17(13-16)27(25,26)23-18-7-2-1-3-12-21-18/h4-6,8-11,13H,1-3,7,12H2,(H,21,23)(H,22,24). The van der Waals surface area contributed by atoms with Crippen LogP contribution in [0, 0.1) is 5.82 Å². The zero-order valence-corrected chi connectivity index (χ0v) is 15.4. The Morgan fingerprint density at radius 1 is 1.04 bits per heavy atom. The van der Waals surface area contributed by atoms with Crippen molar-refractivity contribution in [3.05, 3.63) is 59.9 Å². The second-order valence-corrected chi connectivity index (χ2v) is 7.92. The molecule has 2 aromatic rings. The number of halogens is 1. The molecule has 2 N–H and O–H groups in total. The predicted molar refractivity (Wildman–Crippen MR) is 102 cm³/mol. The monoisotopic (exact) mass is 389 g/mol. The van der Waals surface area contributed by atoms with Crippen molar-refractivity contribution in [3.63, 3.8) is 0 Å². The quantitative estimate of drug-likeness (QED) is 0.841. The first-order valence-corrected chi connectivity index (χ1v) is 10.2. The van der Waals surface area contributed by atoms with Gasteiger partial charge in [0, 0.05) is 24.2 Å². The van der Waals surface area contributed by atoms with Gasteiger partial charge in [0.05, 0.1) is 4.90 Å². The van der Waals surface area contributed by atoms with E-state index in [9.17, 15) is 17.6 Å². The maximum absolute atomic E-state index is 13.0. The molecule has 0 saturated heterocycles. The summed E-state index contributed by atoms with van der Waals surface area (Å²) in [5.41, 5.74) is 0.602. The van der Waals surface area contributed by atoms with Crippen molar-refractivity contribution in [1.82, 2.24) is 4.72 Å². The Hall–Kier alpha value is -2.74. The average Bonchev–Trinajstić information content (AvgIpc) is 2.90. The van der Waals surface area contributed by atoms with Crippen molar-refractivity contribution >= 4 is 27.5 Å². The average molecular weight is 389 g/mol. The Kier molecular flexibility index (Phi) is 5.85. The van der Waals surface area contributed by atoms with Gasteiger partial charge in [0.2, 0.25) is 0 Å². The molecule has 0 unspecified atom stereocenters. The molecule has 0 bridgehead atoms. The lowest BCUT2D eigenvalue weighted by Gasteiger charge is -2.11. The molecule has 0 aliphatic carbocycles. The maximum atomic E-state index is 13.0. The Labute approximate surface area is 157 Å². The van der Waals surface area contributed by atoms with Gasteiger partial charge >= 0.3 is 0 Å². The number of carbonyl (C=O) groups excluding carboxylic acids is 1. The van der Waals surface area contributed by atoms with E-state index in [1.165, 1.54) is 36.4 Å². The van der Waals surface area contributed by atoms with Crippen molar-refractivity contribution in [2.45, 2.75) is 30.6 Å². The minimum atomic E-state index is -3.79. The molecule has 1 heterocycles. The van der Waals surface area contributed by atoms with Crippen LogP contribution >= 0.6 is 0 Å². The third kappa shape index (κ3) is 5.13. The van der Waals surface area contributed by atoms with Gasteiger partial charge in [-0.2, -0.15) is 0 Å². The first kappa shape index (κ1) is 19.0. The lowest BCUT2D eigenvalue weighted by Crippen LogP contribution is -2.30. The number of amidine groups is 1. The molecule has 0 saturated carbocycles. The van der Waals surface area contributed by atoms with E-state index >= 15 is 0 Å². The fourth-order valence-corrected chi connectivity index (χ4v) is 3.85. The summed E-state index contributed by atoms with van der Waals surface area (Å²) in [7, 11) is -3.79. The molecule has 2 aromatic carbocycles. The van der Waals surface area contributed by atoms with Crippen molar-refractivity contribution in [3.8, 4) is 0 Å². The Bertz CT molecular complexity index is 956. The van der Waals surface area contributed by atoms with Gasteiger partial charge in [0.1, 0.15) is 11.7 Å². The van der Waals surface area contributed by atoms with E-state index in [4.69, 9.17) is 0 Å². The normalized spacial score (nSPS) is 14.8. The van der Waals surface area contributed by atoms with E-state index in [1.807, 2.05) is 0 Å². The highest BCUT2D eigenvalue weighted by Gasteiger charge is 2.18. The van der Waals surface area contributed by atoms with Gasteiger partial charge in [-0.15, -0.1) is 0 Å². The minimum Gasteiger partial charge on any atom is -0.322 e. The van der Waals surface area contributed by atoms with E-state index in [2.05, 4.69) is 15.0 Å². The Balaban J connectivity index is 1.75. The summed E-state index contributed by atoms with van der Waals surface area (Å²) in [4.78, 5) is 16.5. The van der Waals surface area contributed by atoms with Crippen LogP contribution in [-0.4, -0.2) is 26.7 Å². The molecular weight excluding hydrogens is 369 g/mol. The first-order valence-electron chi connectivity index (χ1n) is 8.67. The molecule has 27 heavy (non-hydrogen) atoms. The number of rotatable bonds is 4. The van der Waals surface area contributed by atoms with Gasteiger partial charge in [0.25, 0.3) is 15.9 Å². The van der Waals surface area contributed by atoms with Gasteiger partial charge < -0.3 is 5.32 Å².